The van der Waals surface area contributed by atoms with E-state index in [0.29, 0.717) is 11.8 Å². The van der Waals surface area contributed by atoms with Crippen LogP contribution >= 0.6 is 11.6 Å². The Labute approximate surface area is 205 Å². The minimum Gasteiger partial charge on any atom is -0.493 e. The number of anilines is 2. The summed E-state index contributed by atoms with van der Waals surface area (Å²) in [6.45, 7) is -0.827. The van der Waals surface area contributed by atoms with Crippen LogP contribution in [0, 0.1) is 0 Å². The fourth-order valence-electron chi connectivity index (χ4n) is 3.19. The second-order valence-electron chi connectivity index (χ2n) is 7.10. The van der Waals surface area contributed by atoms with Crippen molar-refractivity contribution in [1.82, 2.24) is 0 Å². The minimum atomic E-state index is -4.80. The highest BCUT2D eigenvalue weighted by atomic mass is 35.5. The van der Waals surface area contributed by atoms with Gasteiger partial charge in [-0.15, -0.1) is 0 Å². The van der Waals surface area contributed by atoms with E-state index in [2.05, 4.69) is 5.32 Å². The number of methoxy groups -OCH3 is 2. The fourth-order valence-corrected chi connectivity index (χ4v) is 4.80. The molecule has 0 aliphatic carbocycles. The third-order valence-corrected chi connectivity index (χ3v) is 6.86. The molecule has 3 aromatic carbocycles. The maximum atomic E-state index is 13.4. The number of nitrogens with one attached hydrogen (secondary N) is 1. The van der Waals surface area contributed by atoms with Crippen molar-refractivity contribution in [2.24, 2.45) is 0 Å². The quantitative estimate of drug-likeness (QED) is 0.434. The Bertz CT molecular complexity index is 1320. The summed E-state index contributed by atoms with van der Waals surface area (Å²) in [5, 5.41) is 1.97. The summed E-state index contributed by atoms with van der Waals surface area (Å²) >= 11 is 5.68. The lowest BCUT2D eigenvalue weighted by Gasteiger charge is -2.25. The van der Waals surface area contributed by atoms with E-state index in [1.54, 1.807) is 6.07 Å². The molecular weight excluding hydrogens is 509 g/mol. The van der Waals surface area contributed by atoms with Gasteiger partial charge in [0, 0.05) is 11.1 Å². The molecule has 0 bridgehead atoms. The predicted molar refractivity (Wildman–Crippen MR) is 126 cm³/mol. The summed E-state index contributed by atoms with van der Waals surface area (Å²) in [6.07, 6.45) is -4.80. The molecular formula is C23H20ClF3N2O5S. The van der Waals surface area contributed by atoms with Crippen LogP contribution in [0.5, 0.6) is 11.5 Å². The summed E-state index contributed by atoms with van der Waals surface area (Å²) in [7, 11) is -1.55. The third-order valence-electron chi connectivity index (χ3n) is 4.83. The Morgan fingerprint density at radius 3 is 2.23 bits per heavy atom. The van der Waals surface area contributed by atoms with Crippen LogP contribution in [-0.2, 0) is 21.0 Å². The van der Waals surface area contributed by atoms with Crippen molar-refractivity contribution in [3.8, 4) is 11.5 Å². The normalized spacial score (nSPS) is 11.6. The molecule has 186 valence electrons. The highest BCUT2D eigenvalue weighted by molar-refractivity contribution is 7.92. The number of rotatable bonds is 8. The number of sulfonamides is 1. The molecule has 0 heterocycles. The molecule has 0 saturated carbocycles. The number of benzene rings is 3. The lowest BCUT2D eigenvalue weighted by molar-refractivity contribution is -0.137. The van der Waals surface area contributed by atoms with Gasteiger partial charge in [-0.3, -0.25) is 9.10 Å². The van der Waals surface area contributed by atoms with E-state index in [1.807, 2.05) is 0 Å². The zero-order chi connectivity index (χ0) is 25.8. The van der Waals surface area contributed by atoms with Crippen LogP contribution in [0.15, 0.2) is 71.6 Å². The second-order valence-corrected chi connectivity index (χ2v) is 9.40. The Morgan fingerprint density at radius 1 is 0.971 bits per heavy atom. The molecule has 1 N–H and O–H groups in total. The highest BCUT2D eigenvalue weighted by Crippen LogP contribution is 2.37. The zero-order valence-corrected chi connectivity index (χ0v) is 20.0. The molecule has 0 fully saturated rings. The molecule has 0 aliphatic rings. The minimum absolute atomic E-state index is 0.0359. The summed E-state index contributed by atoms with van der Waals surface area (Å²) in [5.74, 6) is -0.503. The van der Waals surface area contributed by atoms with Gasteiger partial charge < -0.3 is 14.8 Å². The maximum absolute atomic E-state index is 13.4. The lowest BCUT2D eigenvalue weighted by atomic mass is 10.1. The van der Waals surface area contributed by atoms with Gasteiger partial charge in [0.2, 0.25) is 5.91 Å². The molecule has 35 heavy (non-hydrogen) atoms. The molecule has 0 atom stereocenters. The molecule has 0 aromatic heterocycles. The molecule has 0 spiro atoms. The van der Waals surface area contributed by atoms with Crippen molar-refractivity contribution in [3.05, 3.63) is 77.3 Å². The number of carbonyl (C=O) groups excluding carboxylic acids is 1. The van der Waals surface area contributed by atoms with Crippen molar-refractivity contribution in [3.63, 3.8) is 0 Å². The molecule has 0 saturated heterocycles. The summed E-state index contributed by atoms with van der Waals surface area (Å²) in [6, 6.07) is 14.3. The first-order valence-electron chi connectivity index (χ1n) is 9.93. The molecule has 7 nitrogen and oxygen atoms in total. The lowest BCUT2D eigenvalue weighted by Crippen LogP contribution is -2.38. The van der Waals surface area contributed by atoms with Crippen LogP contribution in [0.3, 0.4) is 0 Å². The number of nitrogens with zero attached hydrogens (tertiary/aromatic N) is 1. The Morgan fingerprint density at radius 2 is 1.63 bits per heavy atom. The van der Waals surface area contributed by atoms with Crippen molar-refractivity contribution in [1.29, 1.82) is 0 Å². The van der Waals surface area contributed by atoms with Crippen LogP contribution in [-0.4, -0.2) is 35.1 Å². The van der Waals surface area contributed by atoms with Crippen LogP contribution in [0.4, 0.5) is 24.5 Å². The summed E-state index contributed by atoms with van der Waals surface area (Å²) in [5.41, 5.74) is -1.69. The first-order valence-corrected chi connectivity index (χ1v) is 11.8. The molecule has 3 aromatic rings. The van der Waals surface area contributed by atoms with Crippen LogP contribution in [0.2, 0.25) is 5.02 Å². The predicted octanol–water partition coefficient (Wildman–Crippen LogP) is 5.21. The molecule has 1 amide bonds. The van der Waals surface area contributed by atoms with E-state index < -0.39 is 39.9 Å². The van der Waals surface area contributed by atoms with Gasteiger partial charge in [0.15, 0.2) is 11.5 Å². The average Bonchev–Trinajstić information content (AvgIpc) is 2.83. The van der Waals surface area contributed by atoms with Gasteiger partial charge in [-0.05, 0) is 42.5 Å². The van der Waals surface area contributed by atoms with E-state index >= 15 is 0 Å². The number of hydrogen-bond acceptors (Lipinski definition) is 5. The Kier molecular flexibility index (Phi) is 7.81. The molecule has 0 unspecified atom stereocenters. The monoisotopic (exact) mass is 528 g/mol. The third kappa shape index (κ3) is 5.98. The van der Waals surface area contributed by atoms with E-state index in [-0.39, 0.29) is 21.4 Å². The topological polar surface area (TPSA) is 84.9 Å². The standard InChI is InChI=1S/C23H20ClF3N2O5S/c1-33-20-11-9-16(13-21(20)34-2)29(35(31,32)17-6-4-3-5-7-17)14-22(30)28-19-10-8-15(24)12-18(19)23(25,26)27/h3-13H,14H2,1-2H3,(H,28,30). The van der Waals surface area contributed by atoms with Crippen LogP contribution in [0.1, 0.15) is 5.56 Å². The van der Waals surface area contributed by atoms with Gasteiger partial charge in [0.25, 0.3) is 10.0 Å². The number of carbonyl (C=O) groups is 1. The van der Waals surface area contributed by atoms with E-state index in [9.17, 15) is 26.4 Å². The first-order chi connectivity index (χ1) is 16.5. The zero-order valence-electron chi connectivity index (χ0n) is 18.5. The molecule has 12 heteroatoms. The van der Waals surface area contributed by atoms with Crippen LogP contribution < -0.4 is 19.1 Å². The van der Waals surface area contributed by atoms with Crippen molar-refractivity contribution >= 4 is 38.9 Å². The largest absolute Gasteiger partial charge is 0.493 e. The summed E-state index contributed by atoms with van der Waals surface area (Å²) in [4.78, 5) is 12.7. The number of hydrogen-bond donors (Lipinski definition) is 1. The average molecular weight is 529 g/mol. The number of amides is 1. The van der Waals surface area contributed by atoms with Crippen molar-refractivity contribution in [2.45, 2.75) is 11.1 Å². The van der Waals surface area contributed by atoms with Gasteiger partial charge in [0.05, 0.1) is 36.1 Å². The van der Waals surface area contributed by atoms with Gasteiger partial charge in [-0.25, -0.2) is 8.42 Å². The fraction of sp³-hybridized carbons (Fsp3) is 0.174. The van der Waals surface area contributed by atoms with Gasteiger partial charge >= 0.3 is 6.18 Å². The number of halogens is 4. The summed E-state index contributed by atoms with van der Waals surface area (Å²) < 4.78 is 78.3. The van der Waals surface area contributed by atoms with Gasteiger partial charge in [-0.1, -0.05) is 29.8 Å². The number of ether oxygens (including phenoxy) is 2. The van der Waals surface area contributed by atoms with Gasteiger partial charge in [0.1, 0.15) is 6.54 Å². The van der Waals surface area contributed by atoms with Crippen molar-refractivity contribution in [2.75, 3.05) is 30.4 Å². The first kappa shape index (κ1) is 26.2. The smallest absolute Gasteiger partial charge is 0.418 e. The Hall–Kier alpha value is -3.44. The molecule has 3 rings (SSSR count). The Balaban J connectivity index is 2.02. The maximum Gasteiger partial charge on any atom is 0.418 e. The van der Waals surface area contributed by atoms with Crippen LogP contribution in [0.25, 0.3) is 0 Å². The second kappa shape index (κ2) is 10.4. The van der Waals surface area contributed by atoms with E-state index in [1.165, 1.54) is 62.8 Å². The highest BCUT2D eigenvalue weighted by Gasteiger charge is 2.35. The van der Waals surface area contributed by atoms with E-state index in [0.717, 1.165) is 10.4 Å². The number of alkyl halides is 3. The SMILES string of the molecule is COc1ccc(N(CC(=O)Nc2ccc(Cl)cc2C(F)(F)F)S(=O)(=O)c2ccccc2)cc1OC. The van der Waals surface area contributed by atoms with Crippen molar-refractivity contribution < 1.29 is 35.9 Å². The molecule has 0 aliphatic heterocycles. The van der Waals surface area contributed by atoms with E-state index in [4.69, 9.17) is 21.1 Å². The molecule has 0 radical (unpaired) electrons. The van der Waals surface area contributed by atoms with Gasteiger partial charge in [-0.2, -0.15) is 13.2 Å².